The highest BCUT2D eigenvalue weighted by Crippen LogP contribution is 2.29. The first-order valence-corrected chi connectivity index (χ1v) is 7.42. The molecule has 0 aliphatic carbocycles. The number of hydrogen-bond acceptors (Lipinski definition) is 7. The van der Waals surface area contributed by atoms with Gasteiger partial charge in [0.25, 0.3) is 0 Å². The zero-order valence-corrected chi connectivity index (χ0v) is 12.6. The van der Waals surface area contributed by atoms with Gasteiger partial charge in [0.15, 0.2) is 0 Å². The highest BCUT2D eigenvalue weighted by molar-refractivity contribution is 7.10. The van der Waals surface area contributed by atoms with E-state index in [-0.39, 0.29) is 18.0 Å². The van der Waals surface area contributed by atoms with Crippen LogP contribution >= 0.6 is 11.3 Å². The van der Waals surface area contributed by atoms with Gasteiger partial charge in [0.05, 0.1) is 12.6 Å². The molecule has 0 aromatic carbocycles. The summed E-state index contributed by atoms with van der Waals surface area (Å²) in [6, 6.07) is 4.50. The van der Waals surface area contributed by atoms with Gasteiger partial charge in [-0.15, -0.1) is 11.3 Å². The predicted molar refractivity (Wildman–Crippen MR) is 80.9 cm³/mol. The Kier molecular flexibility index (Phi) is 4.73. The number of aromatic nitrogens is 3. The number of rotatable bonds is 6. The lowest BCUT2D eigenvalue weighted by molar-refractivity contribution is 0.312. The molecule has 2 aromatic rings. The summed E-state index contributed by atoms with van der Waals surface area (Å²) in [4.78, 5) is 13.5. The van der Waals surface area contributed by atoms with Crippen molar-refractivity contribution in [3.8, 4) is 6.01 Å². The van der Waals surface area contributed by atoms with E-state index in [9.17, 15) is 0 Å². The number of nitrogens with two attached hydrogens (primary N) is 1. The van der Waals surface area contributed by atoms with Crippen LogP contribution in [0.2, 0.25) is 0 Å². The van der Waals surface area contributed by atoms with Crippen molar-refractivity contribution in [2.75, 3.05) is 17.7 Å². The third kappa shape index (κ3) is 3.57. The average molecular weight is 293 g/mol. The fourth-order valence-electron chi connectivity index (χ4n) is 1.80. The molecule has 3 N–H and O–H groups in total. The van der Waals surface area contributed by atoms with Crippen LogP contribution in [0.1, 0.15) is 31.7 Å². The maximum atomic E-state index is 5.68. The second-order valence-electron chi connectivity index (χ2n) is 4.61. The third-order valence-corrected chi connectivity index (χ3v) is 3.66. The van der Waals surface area contributed by atoms with Gasteiger partial charge in [-0.1, -0.05) is 19.9 Å². The monoisotopic (exact) mass is 293 g/mol. The summed E-state index contributed by atoms with van der Waals surface area (Å²) in [5.41, 5.74) is 5.68. The summed E-state index contributed by atoms with van der Waals surface area (Å²) in [6.07, 6.45) is 0. The molecule has 0 bridgehead atoms. The highest BCUT2D eigenvalue weighted by Gasteiger charge is 2.18. The van der Waals surface area contributed by atoms with Gasteiger partial charge < -0.3 is 15.8 Å². The summed E-state index contributed by atoms with van der Waals surface area (Å²) < 4.78 is 5.28. The van der Waals surface area contributed by atoms with Crippen molar-refractivity contribution in [2.45, 2.75) is 26.8 Å². The third-order valence-electron chi connectivity index (χ3n) is 2.71. The molecular formula is C13H19N5OS. The normalized spacial score (nSPS) is 12.4. The number of thiophene rings is 1. The summed E-state index contributed by atoms with van der Waals surface area (Å²) in [5, 5.41) is 5.36. The van der Waals surface area contributed by atoms with Gasteiger partial charge in [0.2, 0.25) is 11.9 Å². The molecule has 6 nitrogen and oxygen atoms in total. The lowest BCUT2D eigenvalue weighted by atomic mass is 10.0. The van der Waals surface area contributed by atoms with Crippen LogP contribution in [0.3, 0.4) is 0 Å². The van der Waals surface area contributed by atoms with E-state index in [1.165, 1.54) is 4.88 Å². The second kappa shape index (κ2) is 6.51. The molecule has 0 amide bonds. The van der Waals surface area contributed by atoms with Crippen molar-refractivity contribution in [1.29, 1.82) is 0 Å². The SMILES string of the molecule is CCOc1nc(N)nc(NC(c2cccs2)C(C)C)n1. The molecule has 0 aliphatic heterocycles. The van der Waals surface area contributed by atoms with E-state index in [1.54, 1.807) is 11.3 Å². The predicted octanol–water partition coefficient (Wildman–Crippen LogP) is 2.72. The summed E-state index contributed by atoms with van der Waals surface area (Å²) in [6.45, 7) is 6.65. The maximum Gasteiger partial charge on any atom is 0.323 e. The largest absolute Gasteiger partial charge is 0.464 e. The van der Waals surface area contributed by atoms with Crippen molar-refractivity contribution in [3.63, 3.8) is 0 Å². The van der Waals surface area contributed by atoms with Crippen molar-refractivity contribution in [3.05, 3.63) is 22.4 Å². The second-order valence-corrected chi connectivity index (χ2v) is 5.59. The molecule has 0 fully saturated rings. The van der Waals surface area contributed by atoms with Crippen LogP contribution in [0.4, 0.5) is 11.9 Å². The van der Waals surface area contributed by atoms with Gasteiger partial charge in [-0.3, -0.25) is 0 Å². The van der Waals surface area contributed by atoms with E-state index in [4.69, 9.17) is 10.5 Å². The Balaban J connectivity index is 2.22. The van der Waals surface area contributed by atoms with E-state index in [0.717, 1.165) is 0 Å². The Morgan fingerprint density at radius 1 is 1.35 bits per heavy atom. The van der Waals surface area contributed by atoms with E-state index < -0.39 is 0 Å². The van der Waals surface area contributed by atoms with Crippen molar-refractivity contribution < 1.29 is 4.74 Å². The quantitative estimate of drug-likeness (QED) is 0.851. The molecule has 7 heteroatoms. The Hall–Kier alpha value is -1.89. The smallest absolute Gasteiger partial charge is 0.323 e. The molecule has 2 rings (SSSR count). The van der Waals surface area contributed by atoms with Gasteiger partial charge in [-0.25, -0.2) is 0 Å². The fraction of sp³-hybridized carbons (Fsp3) is 0.462. The number of ether oxygens (including phenoxy) is 1. The van der Waals surface area contributed by atoms with Crippen molar-refractivity contribution in [2.24, 2.45) is 5.92 Å². The fourth-order valence-corrected chi connectivity index (χ4v) is 2.75. The standard InChI is InChI=1S/C13H19N5OS/c1-4-19-13-17-11(14)16-12(18-13)15-10(8(2)3)9-6-5-7-20-9/h5-8,10H,4H2,1-3H3,(H3,14,15,16,17,18). The first-order valence-electron chi connectivity index (χ1n) is 6.54. The first-order chi connectivity index (χ1) is 9.60. The molecular weight excluding hydrogens is 274 g/mol. The molecule has 0 saturated heterocycles. The van der Waals surface area contributed by atoms with Crippen LogP contribution in [-0.4, -0.2) is 21.6 Å². The summed E-state index contributed by atoms with van der Waals surface area (Å²) in [5.74, 6) is 0.981. The van der Waals surface area contributed by atoms with E-state index in [0.29, 0.717) is 18.5 Å². The first kappa shape index (κ1) is 14.5. The van der Waals surface area contributed by atoms with E-state index in [1.807, 2.05) is 13.0 Å². The molecule has 0 aliphatic rings. The maximum absolute atomic E-state index is 5.68. The number of hydrogen-bond donors (Lipinski definition) is 2. The van der Waals surface area contributed by atoms with Gasteiger partial charge in [0.1, 0.15) is 0 Å². The van der Waals surface area contributed by atoms with E-state index in [2.05, 4.69) is 45.6 Å². The minimum atomic E-state index is 0.131. The molecule has 2 heterocycles. The van der Waals surface area contributed by atoms with Crippen LogP contribution < -0.4 is 15.8 Å². The topological polar surface area (TPSA) is 86.0 Å². The summed E-state index contributed by atoms with van der Waals surface area (Å²) in [7, 11) is 0. The van der Waals surface area contributed by atoms with Crippen molar-refractivity contribution in [1.82, 2.24) is 15.0 Å². The van der Waals surface area contributed by atoms with Crippen LogP contribution in [0.5, 0.6) is 6.01 Å². The van der Waals surface area contributed by atoms with E-state index >= 15 is 0 Å². The van der Waals surface area contributed by atoms with Gasteiger partial charge in [-0.2, -0.15) is 15.0 Å². The molecule has 1 unspecified atom stereocenters. The molecule has 20 heavy (non-hydrogen) atoms. The molecule has 2 aromatic heterocycles. The lowest BCUT2D eigenvalue weighted by Crippen LogP contribution is -2.18. The highest BCUT2D eigenvalue weighted by atomic mass is 32.1. The van der Waals surface area contributed by atoms with Crippen LogP contribution in [0.25, 0.3) is 0 Å². The number of nitrogen functional groups attached to an aromatic ring is 1. The Morgan fingerprint density at radius 2 is 2.15 bits per heavy atom. The lowest BCUT2D eigenvalue weighted by Gasteiger charge is -2.21. The Morgan fingerprint density at radius 3 is 2.75 bits per heavy atom. The van der Waals surface area contributed by atoms with Crippen LogP contribution in [-0.2, 0) is 0 Å². The van der Waals surface area contributed by atoms with Crippen LogP contribution in [0.15, 0.2) is 17.5 Å². The minimum Gasteiger partial charge on any atom is -0.464 e. The van der Waals surface area contributed by atoms with Gasteiger partial charge in [-0.05, 0) is 24.3 Å². The molecule has 1 atom stereocenters. The molecule has 0 spiro atoms. The molecule has 0 radical (unpaired) electrons. The van der Waals surface area contributed by atoms with Crippen molar-refractivity contribution >= 4 is 23.2 Å². The number of nitrogens with zero attached hydrogens (tertiary/aromatic N) is 3. The zero-order valence-electron chi connectivity index (χ0n) is 11.8. The van der Waals surface area contributed by atoms with Gasteiger partial charge >= 0.3 is 6.01 Å². The average Bonchev–Trinajstić information content (AvgIpc) is 2.89. The molecule has 108 valence electrons. The number of nitrogens with one attached hydrogen (secondary N) is 1. The Labute approximate surface area is 122 Å². The van der Waals surface area contributed by atoms with Crippen LogP contribution in [0, 0.1) is 5.92 Å². The number of anilines is 2. The minimum absolute atomic E-state index is 0.131. The summed E-state index contributed by atoms with van der Waals surface area (Å²) >= 11 is 1.70. The zero-order chi connectivity index (χ0) is 14.5. The Bertz CT molecular complexity index is 544. The molecule has 0 saturated carbocycles. The van der Waals surface area contributed by atoms with Gasteiger partial charge in [0, 0.05) is 4.88 Å².